The van der Waals surface area contributed by atoms with Crippen molar-refractivity contribution < 1.29 is 14.3 Å². The zero-order chi connectivity index (χ0) is 22.4. The fourth-order valence-electron chi connectivity index (χ4n) is 4.85. The van der Waals surface area contributed by atoms with Crippen molar-refractivity contribution in [2.45, 2.75) is 65.7 Å². The highest BCUT2D eigenvalue weighted by Crippen LogP contribution is 2.38. The highest BCUT2D eigenvalue weighted by molar-refractivity contribution is 5.80. The Bertz CT molecular complexity index is 861. The van der Waals surface area contributed by atoms with Gasteiger partial charge in [0.25, 0.3) is 0 Å². The van der Waals surface area contributed by atoms with Gasteiger partial charge in [0.15, 0.2) is 6.79 Å². The summed E-state index contributed by atoms with van der Waals surface area (Å²) >= 11 is 0. The molecule has 31 heavy (non-hydrogen) atoms. The molecule has 0 saturated heterocycles. The Kier molecular flexibility index (Phi) is 8.14. The summed E-state index contributed by atoms with van der Waals surface area (Å²) in [6.07, 6.45) is 7.50. The van der Waals surface area contributed by atoms with E-state index in [9.17, 15) is 4.79 Å². The van der Waals surface area contributed by atoms with Gasteiger partial charge in [0.05, 0.1) is 0 Å². The maximum Gasteiger partial charge on any atom is 0.188 e. The molecule has 3 rings (SSSR count). The number of aldehydes is 1. The number of methoxy groups -OCH3 is 1. The van der Waals surface area contributed by atoms with Crippen LogP contribution < -0.4 is 9.64 Å². The summed E-state index contributed by atoms with van der Waals surface area (Å²) in [6.45, 7) is 9.86. The molecule has 4 nitrogen and oxygen atoms in total. The molecule has 2 aromatic rings. The molecule has 0 aliphatic heterocycles. The van der Waals surface area contributed by atoms with Gasteiger partial charge >= 0.3 is 0 Å². The number of ether oxygens (including phenoxy) is 2. The first-order chi connectivity index (χ1) is 14.9. The van der Waals surface area contributed by atoms with Crippen LogP contribution >= 0.6 is 0 Å². The zero-order valence-corrected chi connectivity index (χ0v) is 19.7. The molecule has 0 bridgehead atoms. The van der Waals surface area contributed by atoms with Gasteiger partial charge in [-0.05, 0) is 85.5 Å². The van der Waals surface area contributed by atoms with Crippen molar-refractivity contribution in [3.05, 3.63) is 52.6 Å². The fraction of sp³-hybridized carbons (Fsp3) is 0.519. The highest BCUT2D eigenvalue weighted by atomic mass is 16.7. The van der Waals surface area contributed by atoms with E-state index in [0.29, 0.717) is 11.8 Å². The Morgan fingerprint density at radius 1 is 1.06 bits per heavy atom. The first-order valence-corrected chi connectivity index (χ1v) is 11.5. The molecule has 0 spiro atoms. The molecule has 2 aromatic carbocycles. The summed E-state index contributed by atoms with van der Waals surface area (Å²) in [7, 11) is 1.64. The second-order valence-electron chi connectivity index (χ2n) is 9.16. The standard InChI is InChI=1S/C27H37NO3/c1-19(2)25-15-24(11-12-26(25)31-18-30-5)28(16-22-9-7-6-8-10-22)27-20(3)13-23(17-29)14-21(27)4/h11-15,17,19,22H,6-10,16,18H2,1-5H3. The van der Waals surface area contributed by atoms with Gasteiger partial charge in [0.2, 0.25) is 0 Å². The molecule has 1 aliphatic carbocycles. The number of nitrogens with zero attached hydrogens (tertiary/aromatic N) is 1. The Morgan fingerprint density at radius 3 is 2.32 bits per heavy atom. The van der Waals surface area contributed by atoms with Gasteiger partial charge < -0.3 is 14.4 Å². The van der Waals surface area contributed by atoms with Crippen LogP contribution in [-0.4, -0.2) is 26.7 Å². The van der Waals surface area contributed by atoms with E-state index in [1.54, 1.807) is 7.11 Å². The van der Waals surface area contributed by atoms with Crippen LogP contribution in [0.4, 0.5) is 11.4 Å². The third-order valence-electron chi connectivity index (χ3n) is 6.34. The van der Waals surface area contributed by atoms with Crippen molar-refractivity contribution in [3.63, 3.8) is 0 Å². The van der Waals surface area contributed by atoms with Crippen LogP contribution in [0.15, 0.2) is 30.3 Å². The minimum Gasteiger partial charge on any atom is -0.467 e. The summed E-state index contributed by atoms with van der Waals surface area (Å²) in [5.41, 5.74) is 6.61. The molecule has 4 heteroatoms. The molecule has 0 amide bonds. The fourth-order valence-corrected chi connectivity index (χ4v) is 4.85. The summed E-state index contributed by atoms with van der Waals surface area (Å²) in [5.74, 6) is 1.90. The normalized spacial score (nSPS) is 14.6. The average molecular weight is 424 g/mol. The molecular weight excluding hydrogens is 386 g/mol. The number of carbonyl (C=O) groups is 1. The van der Waals surface area contributed by atoms with Crippen LogP contribution in [-0.2, 0) is 4.74 Å². The quantitative estimate of drug-likeness (QED) is 0.323. The lowest BCUT2D eigenvalue weighted by atomic mass is 9.88. The predicted molar refractivity (Wildman–Crippen MR) is 128 cm³/mol. The summed E-state index contributed by atoms with van der Waals surface area (Å²) < 4.78 is 11.0. The number of aryl methyl sites for hydroxylation is 2. The van der Waals surface area contributed by atoms with Gasteiger partial charge in [-0.2, -0.15) is 0 Å². The maximum absolute atomic E-state index is 11.4. The minimum atomic E-state index is 0.246. The molecule has 0 unspecified atom stereocenters. The van der Waals surface area contributed by atoms with E-state index in [1.807, 2.05) is 12.1 Å². The summed E-state index contributed by atoms with van der Waals surface area (Å²) in [4.78, 5) is 13.9. The van der Waals surface area contributed by atoms with Crippen LogP contribution in [0.25, 0.3) is 0 Å². The van der Waals surface area contributed by atoms with Gasteiger partial charge in [-0.15, -0.1) is 0 Å². The van der Waals surface area contributed by atoms with E-state index in [0.717, 1.165) is 35.3 Å². The first-order valence-electron chi connectivity index (χ1n) is 11.5. The lowest BCUT2D eigenvalue weighted by molar-refractivity contribution is 0.0503. The van der Waals surface area contributed by atoms with Crippen molar-refractivity contribution in [1.82, 2.24) is 0 Å². The average Bonchev–Trinajstić information content (AvgIpc) is 2.77. The predicted octanol–water partition coefficient (Wildman–Crippen LogP) is 6.94. The minimum absolute atomic E-state index is 0.246. The topological polar surface area (TPSA) is 38.8 Å². The molecule has 1 aliphatic rings. The number of carbonyl (C=O) groups excluding carboxylic acids is 1. The van der Waals surface area contributed by atoms with Crippen molar-refractivity contribution in [2.24, 2.45) is 5.92 Å². The SMILES string of the molecule is COCOc1ccc(N(CC2CCCCC2)c2c(C)cc(C=O)cc2C)cc1C(C)C. The summed E-state index contributed by atoms with van der Waals surface area (Å²) in [5, 5.41) is 0. The molecule has 168 valence electrons. The molecular formula is C27H37NO3. The van der Waals surface area contributed by atoms with Crippen LogP contribution in [0.2, 0.25) is 0 Å². The number of rotatable bonds is 9. The van der Waals surface area contributed by atoms with Gasteiger partial charge in [0, 0.05) is 30.6 Å². The maximum atomic E-state index is 11.4. The molecule has 0 heterocycles. The molecule has 1 saturated carbocycles. The van der Waals surface area contributed by atoms with E-state index in [2.05, 4.69) is 50.8 Å². The monoisotopic (exact) mass is 423 g/mol. The second kappa shape index (κ2) is 10.8. The number of hydrogen-bond acceptors (Lipinski definition) is 4. The van der Waals surface area contributed by atoms with Gasteiger partial charge in [-0.25, -0.2) is 0 Å². The molecule has 0 N–H and O–H groups in total. The van der Waals surface area contributed by atoms with Crippen molar-refractivity contribution >= 4 is 17.7 Å². The Hall–Kier alpha value is -2.33. The van der Waals surface area contributed by atoms with E-state index in [4.69, 9.17) is 9.47 Å². The number of anilines is 2. The molecule has 1 fully saturated rings. The van der Waals surface area contributed by atoms with Crippen molar-refractivity contribution in [3.8, 4) is 5.75 Å². The van der Waals surface area contributed by atoms with Crippen LogP contribution in [0.3, 0.4) is 0 Å². The third kappa shape index (κ3) is 5.68. The van der Waals surface area contributed by atoms with E-state index in [-0.39, 0.29) is 6.79 Å². The van der Waals surface area contributed by atoms with Crippen LogP contribution in [0, 0.1) is 19.8 Å². The lowest BCUT2D eigenvalue weighted by Gasteiger charge is -2.34. The van der Waals surface area contributed by atoms with Gasteiger partial charge in [0.1, 0.15) is 12.0 Å². The molecule has 0 aromatic heterocycles. The van der Waals surface area contributed by atoms with Crippen LogP contribution in [0.1, 0.15) is 78.9 Å². The third-order valence-corrected chi connectivity index (χ3v) is 6.34. The Morgan fingerprint density at radius 2 is 1.74 bits per heavy atom. The van der Waals surface area contributed by atoms with E-state index < -0.39 is 0 Å². The van der Waals surface area contributed by atoms with Crippen molar-refractivity contribution in [2.75, 3.05) is 25.3 Å². The highest BCUT2D eigenvalue weighted by Gasteiger charge is 2.23. The molecule has 0 radical (unpaired) electrons. The number of hydrogen-bond donors (Lipinski definition) is 0. The smallest absolute Gasteiger partial charge is 0.188 e. The first kappa shape index (κ1) is 23.3. The Balaban J connectivity index is 2.06. The molecule has 0 atom stereocenters. The lowest BCUT2D eigenvalue weighted by Crippen LogP contribution is -2.28. The Labute approximate surface area is 187 Å². The zero-order valence-electron chi connectivity index (χ0n) is 19.7. The summed E-state index contributed by atoms with van der Waals surface area (Å²) in [6, 6.07) is 10.5. The second-order valence-corrected chi connectivity index (χ2v) is 9.16. The largest absolute Gasteiger partial charge is 0.467 e. The van der Waals surface area contributed by atoms with Crippen LogP contribution in [0.5, 0.6) is 5.75 Å². The van der Waals surface area contributed by atoms with E-state index >= 15 is 0 Å². The van der Waals surface area contributed by atoms with Crippen molar-refractivity contribution in [1.29, 1.82) is 0 Å². The number of benzene rings is 2. The van der Waals surface area contributed by atoms with Gasteiger partial charge in [-0.3, -0.25) is 4.79 Å². The van der Waals surface area contributed by atoms with Gasteiger partial charge in [-0.1, -0.05) is 33.1 Å². The van der Waals surface area contributed by atoms with E-state index in [1.165, 1.54) is 49.0 Å².